The summed E-state index contributed by atoms with van der Waals surface area (Å²) in [6.45, 7) is 1.95. The number of hydrogen-bond acceptors (Lipinski definition) is 6. The van der Waals surface area contributed by atoms with Crippen LogP contribution in [0.5, 0.6) is 0 Å². The minimum absolute atomic E-state index is 0.134. The number of rotatable bonds is 5. The van der Waals surface area contributed by atoms with Gasteiger partial charge in [0.1, 0.15) is 18.0 Å². The van der Waals surface area contributed by atoms with Crippen LogP contribution in [0.1, 0.15) is 39.1 Å². The van der Waals surface area contributed by atoms with Crippen LogP contribution in [0, 0.1) is 0 Å². The van der Waals surface area contributed by atoms with Crippen LogP contribution in [0.4, 0.5) is 5.82 Å². The lowest BCUT2D eigenvalue weighted by Gasteiger charge is -2.19. The molecule has 2 heterocycles. The number of anilines is 1. The van der Waals surface area contributed by atoms with Gasteiger partial charge in [0.2, 0.25) is 0 Å². The van der Waals surface area contributed by atoms with Crippen LogP contribution in [-0.4, -0.2) is 37.1 Å². The molecule has 6 heteroatoms. The van der Waals surface area contributed by atoms with Crippen LogP contribution in [0.3, 0.4) is 0 Å². The Bertz CT molecular complexity index is 752. The molecule has 0 spiro atoms. The number of methoxy groups -OCH3 is 1. The first kappa shape index (κ1) is 17.0. The van der Waals surface area contributed by atoms with Crippen molar-refractivity contribution in [3.05, 3.63) is 59.3 Å². The molecule has 1 saturated heterocycles. The number of hydrogen-bond donors (Lipinski definition) is 0. The molecule has 0 atom stereocenters. The van der Waals surface area contributed by atoms with Gasteiger partial charge in [0, 0.05) is 19.3 Å². The number of esters is 2. The van der Waals surface area contributed by atoms with Crippen molar-refractivity contribution in [1.82, 2.24) is 4.98 Å². The highest BCUT2D eigenvalue weighted by molar-refractivity contribution is 5.94. The highest BCUT2D eigenvalue weighted by atomic mass is 16.5. The number of benzene rings is 1. The summed E-state index contributed by atoms with van der Waals surface area (Å²) in [5, 5.41) is 0. The van der Waals surface area contributed by atoms with Gasteiger partial charge in [0.05, 0.1) is 12.7 Å². The van der Waals surface area contributed by atoms with Gasteiger partial charge < -0.3 is 14.4 Å². The minimum atomic E-state index is -0.396. The molecule has 6 nitrogen and oxygen atoms in total. The topological polar surface area (TPSA) is 68.7 Å². The third kappa shape index (κ3) is 3.96. The van der Waals surface area contributed by atoms with E-state index in [1.54, 1.807) is 42.6 Å². The van der Waals surface area contributed by atoms with Gasteiger partial charge in [-0.25, -0.2) is 14.6 Å². The minimum Gasteiger partial charge on any atom is -0.465 e. The maximum absolute atomic E-state index is 12.5. The van der Waals surface area contributed by atoms with E-state index in [2.05, 4.69) is 14.6 Å². The van der Waals surface area contributed by atoms with Gasteiger partial charge in [0.25, 0.3) is 0 Å². The lowest BCUT2D eigenvalue weighted by Crippen LogP contribution is -2.22. The van der Waals surface area contributed by atoms with Crippen molar-refractivity contribution < 1.29 is 19.1 Å². The molecule has 0 aliphatic carbocycles. The Kier molecular flexibility index (Phi) is 5.28. The van der Waals surface area contributed by atoms with Crippen molar-refractivity contribution in [2.75, 3.05) is 25.1 Å². The van der Waals surface area contributed by atoms with Gasteiger partial charge in [0.15, 0.2) is 0 Å². The molecule has 1 fully saturated rings. The van der Waals surface area contributed by atoms with Gasteiger partial charge in [-0.15, -0.1) is 0 Å². The second-order valence-electron chi connectivity index (χ2n) is 5.83. The summed E-state index contributed by atoms with van der Waals surface area (Å²) in [6.07, 6.45) is 3.91. The van der Waals surface area contributed by atoms with Crippen LogP contribution in [-0.2, 0) is 16.1 Å². The average molecular weight is 340 g/mol. The summed E-state index contributed by atoms with van der Waals surface area (Å²) in [5.74, 6) is -0.104. The van der Waals surface area contributed by atoms with Gasteiger partial charge in [-0.05, 0) is 42.7 Å². The van der Waals surface area contributed by atoms with E-state index in [9.17, 15) is 9.59 Å². The monoisotopic (exact) mass is 340 g/mol. The normalized spacial score (nSPS) is 13.6. The van der Waals surface area contributed by atoms with Crippen molar-refractivity contribution in [2.45, 2.75) is 19.4 Å². The predicted octanol–water partition coefficient (Wildman–Crippen LogP) is 2.83. The first-order valence-corrected chi connectivity index (χ1v) is 8.23. The van der Waals surface area contributed by atoms with E-state index in [1.807, 2.05) is 0 Å². The number of aromatic nitrogens is 1. The highest BCUT2D eigenvalue weighted by Crippen LogP contribution is 2.23. The molecule has 25 heavy (non-hydrogen) atoms. The Morgan fingerprint density at radius 1 is 1.08 bits per heavy atom. The van der Waals surface area contributed by atoms with Crippen LogP contribution in [0.2, 0.25) is 0 Å². The second kappa shape index (κ2) is 7.79. The quantitative estimate of drug-likeness (QED) is 0.780. The molecule has 1 aliphatic heterocycles. The Morgan fingerprint density at radius 2 is 1.80 bits per heavy atom. The van der Waals surface area contributed by atoms with Gasteiger partial charge >= 0.3 is 11.9 Å². The summed E-state index contributed by atoms with van der Waals surface area (Å²) < 4.78 is 10.1. The van der Waals surface area contributed by atoms with E-state index < -0.39 is 11.9 Å². The fourth-order valence-corrected chi connectivity index (χ4v) is 2.82. The number of carbonyl (C=O) groups is 2. The lowest BCUT2D eigenvalue weighted by molar-refractivity contribution is 0.0471. The van der Waals surface area contributed by atoms with E-state index in [0.717, 1.165) is 31.5 Å². The smallest absolute Gasteiger partial charge is 0.342 e. The molecule has 0 saturated carbocycles. The van der Waals surface area contributed by atoms with Crippen LogP contribution in [0.15, 0.2) is 42.6 Å². The summed E-state index contributed by atoms with van der Waals surface area (Å²) in [7, 11) is 1.34. The van der Waals surface area contributed by atoms with Gasteiger partial charge in [-0.1, -0.05) is 12.1 Å². The Hall–Kier alpha value is -2.89. The molecular weight excluding hydrogens is 320 g/mol. The first-order chi connectivity index (χ1) is 12.2. The van der Waals surface area contributed by atoms with E-state index in [0.29, 0.717) is 16.9 Å². The molecule has 3 rings (SSSR count). The van der Waals surface area contributed by atoms with Crippen molar-refractivity contribution in [1.29, 1.82) is 0 Å². The third-order valence-electron chi connectivity index (χ3n) is 4.16. The van der Waals surface area contributed by atoms with Crippen molar-refractivity contribution in [3.63, 3.8) is 0 Å². The average Bonchev–Trinajstić information content (AvgIpc) is 3.20. The molecular formula is C19H20N2O4. The zero-order valence-corrected chi connectivity index (χ0v) is 14.1. The standard InChI is InChI=1S/C19H20N2O4/c1-24-18(22)15-8-6-14(7-9-15)13-25-19(23)16-5-4-10-20-17(16)21-11-2-3-12-21/h4-10H,2-3,11-13H2,1H3. The lowest BCUT2D eigenvalue weighted by atomic mass is 10.1. The van der Waals surface area contributed by atoms with Crippen molar-refractivity contribution in [3.8, 4) is 0 Å². The number of carbonyl (C=O) groups excluding carboxylic acids is 2. The maximum Gasteiger partial charge on any atom is 0.342 e. The van der Waals surface area contributed by atoms with Crippen LogP contribution in [0.25, 0.3) is 0 Å². The zero-order chi connectivity index (χ0) is 17.6. The molecule has 0 N–H and O–H groups in total. The summed E-state index contributed by atoms with van der Waals surface area (Å²) in [4.78, 5) is 30.3. The molecule has 1 aromatic heterocycles. The zero-order valence-electron chi connectivity index (χ0n) is 14.1. The fourth-order valence-electron chi connectivity index (χ4n) is 2.82. The Balaban J connectivity index is 1.66. The number of ether oxygens (including phenoxy) is 2. The third-order valence-corrected chi connectivity index (χ3v) is 4.16. The van der Waals surface area contributed by atoms with Crippen molar-refractivity contribution in [2.24, 2.45) is 0 Å². The summed E-state index contributed by atoms with van der Waals surface area (Å²) >= 11 is 0. The Labute approximate surface area is 146 Å². The summed E-state index contributed by atoms with van der Waals surface area (Å²) in [6, 6.07) is 10.3. The predicted molar refractivity (Wildman–Crippen MR) is 92.6 cm³/mol. The van der Waals surface area contributed by atoms with E-state index in [4.69, 9.17) is 4.74 Å². The molecule has 1 aliphatic rings. The van der Waals surface area contributed by atoms with Crippen LogP contribution < -0.4 is 4.90 Å². The SMILES string of the molecule is COC(=O)c1ccc(COC(=O)c2cccnc2N2CCCC2)cc1. The molecule has 0 radical (unpaired) electrons. The molecule has 2 aromatic rings. The van der Waals surface area contributed by atoms with Crippen LogP contribution >= 0.6 is 0 Å². The first-order valence-electron chi connectivity index (χ1n) is 8.23. The van der Waals surface area contributed by atoms with E-state index >= 15 is 0 Å². The van der Waals surface area contributed by atoms with Crippen molar-refractivity contribution >= 4 is 17.8 Å². The summed E-state index contributed by atoms with van der Waals surface area (Å²) in [5.41, 5.74) is 1.74. The number of pyridine rings is 1. The highest BCUT2D eigenvalue weighted by Gasteiger charge is 2.21. The maximum atomic E-state index is 12.5. The largest absolute Gasteiger partial charge is 0.465 e. The molecule has 0 bridgehead atoms. The van der Waals surface area contributed by atoms with E-state index in [1.165, 1.54) is 7.11 Å². The molecule has 130 valence electrons. The Morgan fingerprint density at radius 3 is 2.48 bits per heavy atom. The number of nitrogens with zero attached hydrogens (tertiary/aromatic N) is 2. The molecule has 0 amide bonds. The second-order valence-corrected chi connectivity index (χ2v) is 5.83. The van der Waals surface area contributed by atoms with E-state index in [-0.39, 0.29) is 6.61 Å². The molecule has 0 unspecified atom stereocenters. The molecule has 1 aromatic carbocycles. The van der Waals surface area contributed by atoms with Gasteiger partial charge in [-0.3, -0.25) is 0 Å². The van der Waals surface area contributed by atoms with Gasteiger partial charge in [-0.2, -0.15) is 0 Å². The fraction of sp³-hybridized carbons (Fsp3) is 0.316.